The summed E-state index contributed by atoms with van der Waals surface area (Å²) in [5.74, 6) is 0.659. The van der Waals surface area contributed by atoms with Gasteiger partial charge in [-0.05, 0) is 52.7 Å². The predicted molar refractivity (Wildman–Crippen MR) is 116 cm³/mol. The number of halogens is 1. The van der Waals surface area contributed by atoms with Crippen LogP contribution in [0.5, 0.6) is 17.2 Å². The van der Waals surface area contributed by atoms with E-state index >= 15 is 0 Å². The summed E-state index contributed by atoms with van der Waals surface area (Å²) in [4.78, 5) is 26.3. The molecule has 0 aliphatic heterocycles. The Labute approximate surface area is 181 Å². The first-order chi connectivity index (χ1) is 13.8. The molecule has 7 nitrogen and oxygen atoms in total. The molecule has 1 heterocycles. The molecule has 1 atom stereocenters. The number of amides is 2. The number of primary amides is 1. The molecule has 2 amide bonds. The minimum absolute atomic E-state index is 0.287. The van der Waals surface area contributed by atoms with Gasteiger partial charge in [0.15, 0.2) is 11.5 Å². The Morgan fingerprint density at radius 3 is 2.48 bits per heavy atom. The first-order valence-electron chi connectivity index (χ1n) is 9.06. The zero-order valence-corrected chi connectivity index (χ0v) is 19.1. The summed E-state index contributed by atoms with van der Waals surface area (Å²) in [6.07, 6.45) is 2.66. The fourth-order valence-corrected chi connectivity index (χ4v) is 5.60. The summed E-state index contributed by atoms with van der Waals surface area (Å²) in [5.41, 5.74) is 7.30. The van der Waals surface area contributed by atoms with Gasteiger partial charge in [0.2, 0.25) is 5.75 Å². The van der Waals surface area contributed by atoms with E-state index < -0.39 is 11.8 Å². The summed E-state index contributed by atoms with van der Waals surface area (Å²) in [7, 11) is 4.44. The van der Waals surface area contributed by atoms with Gasteiger partial charge < -0.3 is 25.3 Å². The number of benzene rings is 1. The SMILES string of the molecule is COc1cc(C(=O)Nc2sc3c(c2C(N)=O)CCC(C)C3)c(Br)c(OC)c1OC. The highest BCUT2D eigenvalue weighted by molar-refractivity contribution is 9.10. The molecule has 29 heavy (non-hydrogen) atoms. The van der Waals surface area contributed by atoms with Crippen molar-refractivity contribution in [2.45, 2.75) is 26.2 Å². The number of methoxy groups -OCH3 is 3. The molecule has 3 N–H and O–H groups in total. The maximum atomic E-state index is 13.1. The highest BCUT2D eigenvalue weighted by atomic mass is 79.9. The molecule has 0 spiro atoms. The van der Waals surface area contributed by atoms with Crippen LogP contribution in [0.15, 0.2) is 10.5 Å². The second-order valence-electron chi connectivity index (χ2n) is 6.88. The van der Waals surface area contributed by atoms with Crippen molar-refractivity contribution in [1.29, 1.82) is 0 Å². The van der Waals surface area contributed by atoms with E-state index in [2.05, 4.69) is 28.2 Å². The van der Waals surface area contributed by atoms with Crippen LogP contribution < -0.4 is 25.3 Å². The number of nitrogens with two attached hydrogens (primary N) is 1. The first-order valence-corrected chi connectivity index (χ1v) is 10.7. The Morgan fingerprint density at radius 2 is 1.90 bits per heavy atom. The molecule has 9 heteroatoms. The van der Waals surface area contributed by atoms with E-state index in [1.54, 1.807) is 6.07 Å². The van der Waals surface area contributed by atoms with Gasteiger partial charge >= 0.3 is 0 Å². The first kappa shape index (κ1) is 21.4. The van der Waals surface area contributed by atoms with Crippen molar-refractivity contribution in [3.05, 3.63) is 32.1 Å². The molecule has 0 fully saturated rings. The second kappa shape index (κ2) is 8.62. The third-order valence-electron chi connectivity index (χ3n) is 5.00. The average Bonchev–Trinajstić information content (AvgIpc) is 3.04. The lowest BCUT2D eigenvalue weighted by atomic mass is 9.88. The van der Waals surface area contributed by atoms with E-state index in [0.717, 1.165) is 29.7 Å². The van der Waals surface area contributed by atoms with Crippen molar-refractivity contribution >= 4 is 44.1 Å². The second-order valence-corrected chi connectivity index (χ2v) is 8.78. The lowest BCUT2D eigenvalue weighted by Crippen LogP contribution is -2.19. The molecule has 1 unspecified atom stereocenters. The Balaban J connectivity index is 2.03. The van der Waals surface area contributed by atoms with Gasteiger partial charge in [0, 0.05) is 4.88 Å². The van der Waals surface area contributed by atoms with Gasteiger partial charge in [0.05, 0.1) is 36.9 Å². The van der Waals surface area contributed by atoms with Gasteiger partial charge in [0.25, 0.3) is 11.8 Å². The van der Waals surface area contributed by atoms with E-state index in [4.69, 9.17) is 19.9 Å². The van der Waals surface area contributed by atoms with Crippen LogP contribution in [0.3, 0.4) is 0 Å². The molecule has 0 bridgehead atoms. The van der Waals surface area contributed by atoms with Crippen LogP contribution in [0.1, 0.15) is 44.5 Å². The summed E-state index contributed by atoms with van der Waals surface area (Å²) in [6.45, 7) is 2.18. The van der Waals surface area contributed by atoms with Gasteiger partial charge in [-0.2, -0.15) is 0 Å². The van der Waals surface area contributed by atoms with Crippen molar-refractivity contribution in [3.63, 3.8) is 0 Å². The normalized spacial score (nSPS) is 15.4. The van der Waals surface area contributed by atoms with E-state index in [1.165, 1.54) is 32.7 Å². The maximum Gasteiger partial charge on any atom is 0.257 e. The Kier molecular flexibility index (Phi) is 6.38. The zero-order valence-electron chi connectivity index (χ0n) is 16.7. The molecule has 2 aromatic rings. The van der Waals surface area contributed by atoms with Crippen molar-refractivity contribution in [3.8, 4) is 17.2 Å². The third-order valence-corrected chi connectivity index (χ3v) is 6.96. The minimum Gasteiger partial charge on any atom is -0.493 e. The fraction of sp³-hybridized carbons (Fsp3) is 0.400. The number of carbonyl (C=O) groups excluding carboxylic acids is 2. The number of rotatable bonds is 6. The van der Waals surface area contributed by atoms with Crippen LogP contribution in [-0.4, -0.2) is 33.1 Å². The highest BCUT2D eigenvalue weighted by Gasteiger charge is 2.29. The molecule has 1 aromatic carbocycles. The average molecular weight is 483 g/mol. The molecule has 0 saturated heterocycles. The van der Waals surface area contributed by atoms with E-state index in [0.29, 0.717) is 38.2 Å². The van der Waals surface area contributed by atoms with Crippen LogP contribution in [-0.2, 0) is 12.8 Å². The monoisotopic (exact) mass is 482 g/mol. The molecule has 156 valence electrons. The number of hydrogen-bond donors (Lipinski definition) is 2. The van der Waals surface area contributed by atoms with Gasteiger partial charge in [0.1, 0.15) is 5.00 Å². The minimum atomic E-state index is -0.531. The molecule has 3 rings (SSSR count). The van der Waals surface area contributed by atoms with Crippen LogP contribution in [0, 0.1) is 5.92 Å². The topological polar surface area (TPSA) is 99.9 Å². The fourth-order valence-electron chi connectivity index (χ4n) is 3.56. The number of carbonyl (C=O) groups is 2. The molecule has 0 saturated carbocycles. The Hall–Kier alpha value is -2.26. The summed E-state index contributed by atoms with van der Waals surface area (Å²) in [5, 5.41) is 3.33. The van der Waals surface area contributed by atoms with Gasteiger partial charge in [-0.15, -0.1) is 11.3 Å². The zero-order chi connectivity index (χ0) is 21.3. The Morgan fingerprint density at radius 1 is 1.21 bits per heavy atom. The van der Waals surface area contributed by atoms with Gasteiger partial charge in [-0.3, -0.25) is 9.59 Å². The number of thiophene rings is 1. The summed E-state index contributed by atoms with van der Waals surface area (Å²) in [6, 6.07) is 1.56. The lowest BCUT2D eigenvalue weighted by Gasteiger charge is -2.18. The van der Waals surface area contributed by atoms with Crippen LogP contribution in [0.25, 0.3) is 0 Å². The maximum absolute atomic E-state index is 13.1. The quantitative estimate of drug-likeness (QED) is 0.647. The number of nitrogens with one attached hydrogen (secondary N) is 1. The van der Waals surface area contributed by atoms with Gasteiger partial charge in [-0.1, -0.05) is 6.92 Å². The smallest absolute Gasteiger partial charge is 0.257 e. The number of anilines is 1. The molecule has 0 radical (unpaired) electrons. The lowest BCUT2D eigenvalue weighted by molar-refractivity contribution is 0.1000. The largest absolute Gasteiger partial charge is 0.493 e. The van der Waals surface area contributed by atoms with Crippen molar-refractivity contribution < 1.29 is 23.8 Å². The standard InChI is InChI=1S/C20H23BrN2O5S/c1-9-5-6-10-13(7-9)29-20(14(10)18(22)24)23-19(25)11-8-12(26-2)16(27-3)17(28-4)15(11)21/h8-9H,5-7H2,1-4H3,(H2,22,24)(H,23,25). The van der Waals surface area contributed by atoms with E-state index in [9.17, 15) is 9.59 Å². The predicted octanol–water partition coefficient (Wildman–Crippen LogP) is 4.01. The van der Waals surface area contributed by atoms with E-state index in [-0.39, 0.29) is 5.56 Å². The van der Waals surface area contributed by atoms with Crippen LogP contribution in [0.4, 0.5) is 5.00 Å². The summed E-state index contributed by atoms with van der Waals surface area (Å²) >= 11 is 4.83. The molecule has 1 aliphatic rings. The number of ether oxygens (including phenoxy) is 3. The van der Waals surface area contributed by atoms with Crippen molar-refractivity contribution in [2.75, 3.05) is 26.6 Å². The van der Waals surface area contributed by atoms with Crippen LogP contribution >= 0.6 is 27.3 Å². The molecule has 1 aliphatic carbocycles. The van der Waals surface area contributed by atoms with Gasteiger partial charge in [-0.25, -0.2) is 0 Å². The van der Waals surface area contributed by atoms with E-state index in [1.807, 2.05) is 0 Å². The Bertz CT molecular complexity index is 973. The van der Waals surface area contributed by atoms with Crippen molar-refractivity contribution in [1.82, 2.24) is 0 Å². The highest BCUT2D eigenvalue weighted by Crippen LogP contribution is 2.45. The number of hydrogen-bond acceptors (Lipinski definition) is 6. The molecular weight excluding hydrogens is 460 g/mol. The van der Waals surface area contributed by atoms with Crippen molar-refractivity contribution in [2.24, 2.45) is 11.7 Å². The molecule has 1 aromatic heterocycles. The van der Waals surface area contributed by atoms with Crippen LogP contribution in [0.2, 0.25) is 0 Å². The molecular formula is C20H23BrN2O5S. The summed E-state index contributed by atoms with van der Waals surface area (Å²) < 4.78 is 16.5. The number of fused-ring (bicyclic) bond motifs is 1. The third kappa shape index (κ3) is 3.93.